The highest BCUT2D eigenvalue weighted by Gasteiger charge is 2.54. The van der Waals surface area contributed by atoms with Gasteiger partial charge in [0.2, 0.25) is 0 Å². The number of benzene rings is 1. The number of aliphatic imine (C=N–C) groups is 1. The van der Waals surface area contributed by atoms with E-state index < -0.39 is 11.9 Å². The van der Waals surface area contributed by atoms with Crippen molar-refractivity contribution in [3.63, 3.8) is 0 Å². The normalized spacial score (nSPS) is 25.3. The van der Waals surface area contributed by atoms with Gasteiger partial charge in [-0.25, -0.2) is 4.99 Å². The van der Waals surface area contributed by atoms with E-state index in [9.17, 15) is 15.2 Å². The van der Waals surface area contributed by atoms with Gasteiger partial charge in [0.25, 0.3) is 5.91 Å². The fraction of sp³-hybridized carbons (Fsp3) is 0.737. The van der Waals surface area contributed by atoms with E-state index in [-0.39, 0.29) is 35.2 Å². The Morgan fingerprint density at radius 1 is 1.12 bits per heavy atom. The van der Waals surface area contributed by atoms with Crippen LogP contribution in [-0.2, 0) is 11.3 Å². The van der Waals surface area contributed by atoms with E-state index in [1.54, 1.807) is 0 Å². The molecule has 3 unspecified atom stereocenters. The summed E-state index contributed by atoms with van der Waals surface area (Å²) in [7, 11) is 0. The number of H-pyrrole nitrogens is 1. The summed E-state index contributed by atoms with van der Waals surface area (Å²) >= 11 is 0. The third kappa shape index (κ3) is 8.69. The van der Waals surface area contributed by atoms with Gasteiger partial charge in [-0.15, -0.1) is 10.2 Å². The molecule has 11 nitrogen and oxygen atoms in total. The zero-order valence-corrected chi connectivity index (χ0v) is 30.9. The van der Waals surface area contributed by atoms with Crippen LogP contribution in [0.1, 0.15) is 142 Å². The number of carbonyl (C=O) groups excluding carboxylic acids is 1. The van der Waals surface area contributed by atoms with Gasteiger partial charge in [-0.3, -0.25) is 10.1 Å². The Kier molecular flexibility index (Phi) is 11.5. The van der Waals surface area contributed by atoms with Crippen molar-refractivity contribution in [2.75, 3.05) is 13.1 Å². The molecular weight excluding hydrogens is 614 g/mol. The zero-order chi connectivity index (χ0) is 35.4. The van der Waals surface area contributed by atoms with E-state index in [0.717, 1.165) is 81.9 Å². The third-order valence-corrected chi connectivity index (χ3v) is 11.8. The van der Waals surface area contributed by atoms with Gasteiger partial charge < -0.3 is 14.9 Å². The maximum absolute atomic E-state index is 14.9. The van der Waals surface area contributed by atoms with Crippen molar-refractivity contribution in [3.8, 4) is 6.07 Å². The van der Waals surface area contributed by atoms with Crippen LogP contribution in [0, 0.1) is 39.9 Å². The van der Waals surface area contributed by atoms with Gasteiger partial charge in [-0.05, 0) is 85.2 Å². The fourth-order valence-electron chi connectivity index (χ4n) is 7.97. The second-order valence-electron chi connectivity index (χ2n) is 16.8. The second-order valence-corrected chi connectivity index (χ2v) is 16.8. The lowest BCUT2D eigenvalue weighted by molar-refractivity contribution is -0.134. The van der Waals surface area contributed by atoms with Gasteiger partial charge in [0, 0.05) is 13.1 Å². The maximum atomic E-state index is 14.9. The van der Waals surface area contributed by atoms with Gasteiger partial charge in [0.15, 0.2) is 11.7 Å². The predicted molar refractivity (Wildman–Crippen MR) is 191 cm³/mol. The van der Waals surface area contributed by atoms with Crippen molar-refractivity contribution in [2.45, 2.75) is 137 Å². The number of aliphatic hydroxyl groups excluding tert-OH is 1. The lowest BCUT2D eigenvalue weighted by atomic mass is 9.69. The smallest absolute Gasteiger partial charge is 0.291 e. The summed E-state index contributed by atoms with van der Waals surface area (Å²) in [6.45, 7) is 17.8. The number of rotatable bonds is 12. The molecule has 1 spiro atoms. The molecule has 1 amide bonds. The molecule has 268 valence electrons. The zero-order valence-electron chi connectivity index (χ0n) is 30.9. The largest absolute Gasteiger partial charge is 0.374 e. The van der Waals surface area contributed by atoms with Gasteiger partial charge in [0.1, 0.15) is 11.9 Å². The fourth-order valence-corrected chi connectivity index (χ4v) is 7.97. The quantitative estimate of drug-likeness (QED) is 0.212. The Labute approximate surface area is 293 Å². The van der Waals surface area contributed by atoms with Crippen molar-refractivity contribution >= 4 is 11.7 Å². The first-order valence-electron chi connectivity index (χ1n) is 18.6. The van der Waals surface area contributed by atoms with E-state index in [1.807, 2.05) is 12.1 Å². The first-order valence-corrected chi connectivity index (χ1v) is 18.6. The lowest BCUT2D eigenvalue weighted by Crippen LogP contribution is -2.53. The highest BCUT2D eigenvalue weighted by atomic mass is 16.3. The molecule has 49 heavy (non-hydrogen) atoms. The number of aliphatic hydroxyl groups is 1. The number of amidine groups is 1. The molecule has 0 radical (unpaired) electrons. The topological polar surface area (TPSA) is 146 Å². The Morgan fingerprint density at radius 3 is 2.43 bits per heavy atom. The molecule has 1 aliphatic carbocycles. The molecule has 1 aromatic heterocycles. The molecule has 5 rings (SSSR count). The summed E-state index contributed by atoms with van der Waals surface area (Å²) < 4.78 is 0. The number of tetrazole rings is 1. The summed E-state index contributed by atoms with van der Waals surface area (Å²) in [5, 5.41) is 37.7. The number of carbonyl (C=O) groups is 1. The Hall–Kier alpha value is -3.36. The lowest BCUT2D eigenvalue weighted by Gasteiger charge is -2.47. The number of aromatic nitrogens is 4. The van der Waals surface area contributed by atoms with Gasteiger partial charge in [-0.1, -0.05) is 90.8 Å². The van der Waals surface area contributed by atoms with Crippen molar-refractivity contribution < 1.29 is 9.90 Å². The summed E-state index contributed by atoms with van der Waals surface area (Å²) in [5.41, 5.74) is 1.65. The summed E-state index contributed by atoms with van der Waals surface area (Å²) in [6.07, 6.45) is 8.75. The molecule has 2 fully saturated rings. The number of hydrogen-bond acceptors (Lipinski definition) is 9. The molecule has 2 aromatic rings. The molecule has 1 saturated heterocycles. The minimum atomic E-state index is -0.907. The number of hydrogen-bond donors (Lipinski definition) is 3. The van der Waals surface area contributed by atoms with E-state index in [4.69, 9.17) is 4.99 Å². The van der Waals surface area contributed by atoms with Crippen molar-refractivity contribution in [3.05, 3.63) is 41.2 Å². The highest BCUT2D eigenvalue weighted by molar-refractivity contribution is 6.39. The van der Waals surface area contributed by atoms with Crippen molar-refractivity contribution in [1.82, 2.24) is 35.7 Å². The van der Waals surface area contributed by atoms with Crippen LogP contribution < -0.4 is 5.32 Å². The number of likely N-dealkylation sites (tertiary alicyclic amines) is 1. The SMILES string of the molecule is CCC(C)(C)CC[C@@H](C)CC(c1ccc(C(O)NCc2nn[nH]n2)cc1)N1C(=O)C(N2CCCC(C#N)C2)=NC12CCC(C(C)(C)C)CC2. The third-order valence-electron chi connectivity index (χ3n) is 11.8. The molecule has 4 atom stereocenters. The van der Waals surface area contributed by atoms with Gasteiger partial charge >= 0.3 is 0 Å². The number of piperidine rings is 1. The summed E-state index contributed by atoms with van der Waals surface area (Å²) in [4.78, 5) is 24.6. The minimum absolute atomic E-state index is 0.00442. The van der Waals surface area contributed by atoms with Crippen LogP contribution in [0.4, 0.5) is 0 Å². The molecular formula is C38H59N9O2. The monoisotopic (exact) mass is 673 g/mol. The van der Waals surface area contributed by atoms with E-state index in [0.29, 0.717) is 30.0 Å². The molecule has 3 heterocycles. The predicted octanol–water partition coefficient (Wildman–Crippen LogP) is 6.67. The van der Waals surface area contributed by atoms with Crippen LogP contribution >= 0.6 is 0 Å². The number of amides is 1. The first-order chi connectivity index (χ1) is 23.2. The number of nitrogens with zero attached hydrogens (tertiary/aromatic N) is 7. The van der Waals surface area contributed by atoms with E-state index >= 15 is 0 Å². The molecule has 2 aliphatic heterocycles. The number of nitrogens with one attached hydrogen (secondary N) is 2. The second kappa shape index (κ2) is 15.3. The molecule has 3 N–H and O–H groups in total. The van der Waals surface area contributed by atoms with E-state index in [2.05, 4.69) is 102 Å². The Bertz CT molecular complexity index is 1450. The van der Waals surface area contributed by atoms with Crippen LogP contribution in [0.15, 0.2) is 29.3 Å². The maximum Gasteiger partial charge on any atom is 0.291 e. The Morgan fingerprint density at radius 2 is 1.82 bits per heavy atom. The van der Waals surface area contributed by atoms with Crippen molar-refractivity contribution in [2.24, 2.45) is 33.6 Å². The average Bonchev–Trinajstić information content (AvgIpc) is 3.71. The Balaban J connectivity index is 1.47. The number of aromatic amines is 1. The molecule has 0 bridgehead atoms. The van der Waals surface area contributed by atoms with Crippen molar-refractivity contribution in [1.29, 1.82) is 5.26 Å². The molecule has 1 aromatic carbocycles. The minimum Gasteiger partial charge on any atom is -0.374 e. The summed E-state index contributed by atoms with van der Waals surface area (Å²) in [5.74, 6) is 1.90. The molecule has 1 saturated carbocycles. The van der Waals surface area contributed by atoms with Gasteiger partial charge in [0.05, 0.1) is 24.6 Å². The molecule has 11 heteroatoms. The molecule has 3 aliphatic rings. The standard InChI is InChI=1S/C38H59N9O2/c1-8-37(6,7)18-15-26(2)22-31(28-11-13-29(14-12-28)34(48)40-24-32-42-44-45-43-32)47-35(49)33(46-21-9-10-27(23-39)25-46)41-38(47)19-16-30(17-20-38)36(3,4)5/h11-14,26-27,30-31,34,40,48H,8-10,15-22,24-25H2,1-7H3,(H,42,43,44,45)/t26-,27?,30?,31?,34?,38?/m1/s1. The average molecular weight is 674 g/mol. The van der Waals surface area contributed by atoms with Crippen LogP contribution in [0.25, 0.3) is 0 Å². The number of nitriles is 1. The van der Waals surface area contributed by atoms with E-state index in [1.165, 1.54) is 0 Å². The highest BCUT2D eigenvalue weighted by Crippen LogP contribution is 2.50. The summed E-state index contributed by atoms with van der Waals surface area (Å²) in [6, 6.07) is 10.3. The first kappa shape index (κ1) is 36.9. The van der Waals surface area contributed by atoms with Crippen LogP contribution in [-0.4, -0.2) is 66.0 Å². The van der Waals surface area contributed by atoms with Gasteiger partial charge in [-0.2, -0.15) is 10.5 Å². The van der Waals surface area contributed by atoms with Crippen LogP contribution in [0.2, 0.25) is 0 Å². The van der Waals surface area contributed by atoms with Crippen LogP contribution in [0.5, 0.6) is 0 Å². The van der Waals surface area contributed by atoms with Crippen LogP contribution in [0.3, 0.4) is 0 Å².